The zero-order valence-corrected chi connectivity index (χ0v) is 20.2. The number of amides is 2. The van der Waals surface area contributed by atoms with Gasteiger partial charge in [0.1, 0.15) is 5.75 Å². The molecule has 2 aliphatic rings. The summed E-state index contributed by atoms with van der Waals surface area (Å²) in [5.41, 5.74) is 1.37. The highest BCUT2D eigenvalue weighted by molar-refractivity contribution is 9.10. The van der Waals surface area contributed by atoms with Crippen LogP contribution in [0.4, 0.5) is 0 Å². The van der Waals surface area contributed by atoms with Crippen LogP contribution in [-0.2, 0) is 10.2 Å². The van der Waals surface area contributed by atoms with Gasteiger partial charge in [-0.2, -0.15) is 0 Å². The SMILES string of the molecule is CCOc1ccc(C(=O)N2CCC(NC(=O)C3(c4ccc(Br)cc4)CCCC3)CC2)cc1. The van der Waals surface area contributed by atoms with Crippen molar-refractivity contribution in [3.8, 4) is 5.75 Å². The average Bonchev–Trinajstić information content (AvgIpc) is 3.32. The fourth-order valence-corrected chi connectivity index (χ4v) is 5.25. The summed E-state index contributed by atoms with van der Waals surface area (Å²) in [7, 11) is 0. The quantitative estimate of drug-likeness (QED) is 0.603. The van der Waals surface area contributed by atoms with Crippen molar-refractivity contribution < 1.29 is 14.3 Å². The lowest BCUT2D eigenvalue weighted by Gasteiger charge is -2.35. The second-order valence-electron chi connectivity index (χ2n) is 8.79. The van der Waals surface area contributed by atoms with Crippen LogP contribution >= 0.6 is 15.9 Å². The molecule has 2 fully saturated rings. The summed E-state index contributed by atoms with van der Waals surface area (Å²) in [4.78, 5) is 28.2. The van der Waals surface area contributed by atoms with Gasteiger partial charge in [-0.1, -0.05) is 40.9 Å². The zero-order valence-electron chi connectivity index (χ0n) is 18.6. The van der Waals surface area contributed by atoms with Crippen LogP contribution in [0.15, 0.2) is 53.0 Å². The van der Waals surface area contributed by atoms with Gasteiger partial charge in [-0.15, -0.1) is 0 Å². The lowest BCUT2D eigenvalue weighted by Crippen LogP contribution is -2.51. The van der Waals surface area contributed by atoms with Gasteiger partial charge in [0, 0.05) is 29.2 Å². The summed E-state index contributed by atoms with van der Waals surface area (Å²) >= 11 is 3.49. The number of piperidine rings is 1. The number of hydrogen-bond donors (Lipinski definition) is 1. The predicted molar refractivity (Wildman–Crippen MR) is 129 cm³/mol. The minimum atomic E-state index is -0.421. The molecule has 4 rings (SSSR count). The Hall–Kier alpha value is -2.34. The smallest absolute Gasteiger partial charge is 0.253 e. The van der Waals surface area contributed by atoms with Gasteiger partial charge in [0.25, 0.3) is 5.91 Å². The fourth-order valence-electron chi connectivity index (χ4n) is 4.99. The summed E-state index contributed by atoms with van der Waals surface area (Å²) in [5, 5.41) is 3.33. The number of likely N-dealkylation sites (tertiary alicyclic amines) is 1. The Morgan fingerprint density at radius 1 is 1.03 bits per heavy atom. The van der Waals surface area contributed by atoms with E-state index in [4.69, 9.17) is 4.74 Å². The van der Waals surface area contributed by atoms with Gasteiger partial charge in [-0.25, -0.2) is 0 Å². The molecule has 1 heterocycles. The highest BCUT2D eigenvalue weighted by Crippen LogP contribution is 2.42. The lowest BCUT2D eigenvalue weighted by molar-refractivity contribution is -0.127. The molecule has 0 spiro atoms. The van der Waals surface area contributed by atoms with Crippen LogP contribution in [0.25, 0.3) is 0 Å². The van der Waals surface area contributed by atoms with E-state index >= 15 is 0 Å². The summed E-state index contributed by atoms with van der Waals surface area (Å²) in [5.74, 6) is 0.964. The molecule has 1 N–H and O–H groups in total. The van der Waals surface area contributed by atoms with Gasteiger partial charge >= 0.3 is 0 Å². The molecule has 0 bridgehead atoms. The van der Waals surface area contributed by atoms with Crippen LogP contribution in [0.3, 0.4) is 0 Å². The molecule has 170 valence electrons. The number of benzene rings is 2. The molecule has 5 nitrogen and oxygen atoms in total. The van der Waals surface area contributed by atoms with Crippen LogP contribution in [0, 0.1) is 0 Å². The number of nitrogens with one attached hydrogen (secondary N) is 1. The molecule has 0 unspecified atom stereocenters. The summed E-state index contributed by atoms with van der Waals surface area (Å²) in [6.07, 6.45) is 5.53. The Bertz CT molecular complexity index is 929. The van der Waals surface area contributed by atoms with Crippen molar-refractivity contribution >= 4 is 27.7 Å². The van der Waals surface area contributed by atoms with Crippen molar-refractivity contribution in [1.82, 2.24) is 10.2 Å². The van der Waals surface area contributed by atoms with E-state index in [-0.39, 0.29) is 17.9 Å². The van der Waals surface area contributed by atoms with E-state index in [0.717, 1.165) is 54.3 Å². The first-order valence-electron chi connectivity index (χ1n) is 11.6. The Balaban J connectivity index is 1.35. The molecular weight excluding hydrogens is 468 g/mol. The Labute approximate surface area is 198 Å². The second kappa shape index (κ2) is 10.1. The monoisotopic (exact) mass is 498 g/mol. The van der Waals surface area contributed by atoms with E-state index in [1.54, 1.807) is 0 Å². The number of hydrogen-bond acceptors (Lipinski definition) is 3. The van der Waals surface area contributed by atoms with Crippen LogP contribution < -0.4 is 10.1 Å². The highest BCUT2D eigenvalue weighted by atomic mass is 79.9. The van der Waals surface area contributed by atoms with E-state index in [0.29, 0.717) is 25.3 Å². The molecule has 1 saturated carbocycles. The van der Waals surface area contributed by atoms with E-state index in [9.17, 15) is 9.59 Å². The van der Waals surface area contributed by atoms with Crippen molar-refractivity contribution in [2.24, 2.45) is 0 Å². The van der Waals surface area contributed by atoms with Crippen molar-refractivity contribution in [1.29, 1.82) is 0 Å². The number of nitrogens with zero attached hydrogens (tertiary/aromatic N) is 1. The van der Waals surface area contributed by atoms with Crippen molar-refractivity contribution in [2.45, 2.75) is 56.9 Å². The highest BCUT2D eigenvalue weighted by Gasteiger charge is 2.43. The number of halogens is 1. The molecule has 2 aromatic rings. The maximum atomic E-state index is 13.4. The minimum Gasteiger partial charge on any atom is -0.494 e. The Kier molecular flexibility index (Phi) is 7.19. The largest absolute Gasteiger partial charge is 0.494 e. The van der Waals surface area contributed by atoms with E-state index < -0.39 is 5.41 Å². The van der Waals surface area contributed by atoms with E-state index in [1.807, 2.05) is 48.2 Å². The Morgan fingerprint density at radius 2 is 1.66 bits per heavy atom. The number of carbonyl (C=O) groups is 2. The maximum absolute atomic E-state index is 13.4. The van der Waals surface area contributed by atoms with Crippen LogP contribution in [0.5, 0.6) is 5.75 Å². The second-order valence-corrected chi connectivity index (χ2v) is 9.71. The van der Waals surface area contributed by atoms with Crippen molar-refractivity contribution in [2.75, 3.05) is 19.7 Å². The maximum Gasteiger partial charge on any atom is 0.253 e. The molecule has 1 saturated heterocycles. The number of carbonyl (C=O) groups excluding carboxylic acids is 2. The standard InChI is InChI=1S/C26H31BrN2O3/c1-2-32-23-11-5-19(6-12-23)24(30)29-17-13-22(14-18-29)28-25(31)26(15-3-4-16-26)20-7-9-21(27)10-8-20/h5-12,22H,2-4,13-18H2,1H3,(H,28,31). The first-order valence-corrected chi connectivity index (χ1v) is 12.4. The predicted octanol–water partition coefficient (Wildman–Crippen LogP) is 5.08. The number of rotatable bonds is 6. The first kappa shape index (κ1) is 22.8. The molecule has 0 atom stereocenters. The van der Waals surface area contributed by atoms with Gasteiger partial charge in [-0.3, -0.25) is 9.59 Å². The molecule has 6 heteroatoms. The molecule has 1 aliphatic carbocycles. The lowest BCUT2D eigenvalue weighted by atomic mass is 9.77. The van der Waals surface area contributed by atoms with Crippen LogP contribution in [0.1, 0.15) is 61.4 Å². The van der Waals surface area contributed by atoms with Crippen molar-refractivity contribution in [3.63, 3.8) is 0 Å². The van der Waals surface area contributed by atoms with Gasteiger partial charge in [-0.05, 0) is 74.6 Å². The van der Waals surface area contributed by atoms with Gasteiger partial charge in [0.2, 0.25) is 5.91 Å². The third-order valence-electron chi connectivity index (χ3n) is 6.82. The Morgan fingerprint density at radius 3 is 2.25 bits per heavy atom. The fraction of sp³-hybridized carbons (Fsp3) is 0.462. The molecule has 1 aliphatic heterocycles. The third-order valence-corrected chi connectivity index (χ3v) is 7.35. The van der Waals surface area contributed by atoms with E-state index in [1.165, 1.54) is 0 Å². The van der Waals surface area contributed by atoms with Crippen molar-refractivity contribution in [3.05, 3.63) is 64.1 Å². The number of ether oxygens (including phenoxy) is 1. The molecule has 32 heavy (non-hydrogen) atoms. The normalized spacial score (nSPS) is 18.4. The summed E-state index contributed by atoms with van der Waals surface area (Å²) < 4.78 is 6.48. The molecule has 2 amide bonds. The average molecular weight is 499 g/mol. The van der Waals surface area contributed by atoms with Gasteiger partial charge in [0.15, 0.2) is 0 Å². The van der Waals surface area contributed by atoms with Gasteiger partial charge in [0.05, 0.1) is 12.0 Å². The molecular formula is C26H31BrN2O3. The first-order chi connectivity index (χ1) is 15.5. The van der Waals surface area contributed by atoms with Crippen LogP contribution in [0.2, 0.25) is 0 Å². The molecule has 0 radical (unpaired) electrons. The summed E-state index contributed by atoms with van der Waals surface area (Å²) in [6.45, 7) is 3.86. The van der Waals surface area contributed by atoms with E-state index in [2.05, 4.69) is 33.4 Å². The van der Waals surface area contributed by atoms with Crippen LogP contribution in [-0.4, -0.2) is 42.5 Å². The topological polar surface area (TPSA) is 58.6 Å². The molecule has 0 aromatic heterocycles. The molecule has 2 aromatic carbocycles. The van der Waals surface area contributed by atoms with Gasteiger partial charge < -0.3 is 15.0 Å². The minimum absolute atomic E-state index is 0.0416. The summed E-state index contributed by atoms with van der Waals surface area (Å²) in [6, 6.07) is 15.6. The zero-order chi connectivity index (χ0) is 22.6. The third kappa shape index (κ3) is 4.85.